The zero-order valence-corrected chi connectivity index (χ0v) is 13.0. The van der Waals surface area contributed by atoms with Crippen LogP contribution in [0.25, 0.3) is 0 Å². The van der Waals surface area contributed by atoms with E-state index in [1.807, 2.05) is 19.1 Å². The predicted molar refractivity (Wildman–Crippen MR) is 87.3 cm³/mol. The van der Waals surface area contributed by atoms with Gasteiger partial charge in [-0.15, -0.1) is 0 Å². The van der Waals surface area contributed by atoms with Crippen LogP contribution < -0.4 is 16.0 Å². The zero-order valence-electron chi connectivity index (χ0n) is 13.0. The van der Waals surface area contributed by atoms with Gasteiger partial charge >= 0.3 is 0 Å². The number of hydrogen-bond donors (Lipinski definition) is 2. The molecule has 0 aliphatic heterocycles. The standard InChI is InChI=1S/C18H24N2O/c1-4-21-17-7-5-6-15(11-17)18(20-19)12-16-10-13(2)8-9-14(16)3/h5-11,18,20H,4,12,19H2,1-3H3. The van der Waals surface area contributed by atoms with E-state index in [0.29, 0.717) is 6.61 Å². The molecule has 0 saturated heterocycles. The molecule has 21 heavy (non-hydrogen) atoms. The molecule has 2 aromatic rings. The Kier molecular flexibility index (Phi) is 5.37. The summed E-state index contributed by atoms with van der Waals surface area (Å²) < 4.78 is 5.57. The van der Waals surface area contributed by atoms with Crippen LogP contribution in [0.2, 0.25) is 0 Å². The first kappa shape index (κ1) is 15.5. The van der Waals surface area contributed by atoms with E-state index in [-0.39, 0.29) is 6.04 Å². The lowest BCUT2D eigenvalue weighted by molar-refractivity contribution is 0.339. The fourth-order valence-corrected chi connectivity index (χ4v) is 2.50. The quantitative estimate of drug-likeness (QED) is 0.631. The molecule has 1 unspecified atom stereocenters. The Morgan fingerprint density at radius 1 is 1.14 bits per heavy atom. The van der Waals surface area contributed by atoms with Crippen LogP contribution >= 0.6 is 0 Å². The molecule has 1 atom stereocenters. The smallest absolute Gasteiger partial charge is 0.119 e. The summed E-state index contributed by atoms with van der Waals surface area (Å²) in [4.78, 5) is 0. The highest BCUT2D eigenvalue weighted by molar-refractivity contribution is 5.35. The van der Waals surface area contributed by atoms with Crippen LogP contribution in [0.1, 0.15) is 35.2 Å². The number of aryl methyl sites for hydroxylation is 2. The van der Waals surface area contributed by atoms with Crippen molar-refractivity contribution in [3.63, 3.8) is 0 Å². The molecule has 0 fully saturated rings. The van der Waals surface area contributed by atoms with Crippen molar-refractivity contribution >= 4 is 0 Å². The third kappa shape index (κ3) is 4.06. The summed E-state index contributed by atoms with van der Waals surface area (Å²) in [7, 11) is 0. The van der Waals surface area contributed by atoms with Crippen LogP contribution in [0.15, 0.2) is 42.5 Å². The van der Waals surface area contributed by atoms with Crippen molar-refractivity contribution in [1.82, 2.24) is 5.43 Å². The zero-order chi connectivity index (χ0) is 15.2. The van der Waals surface area contributed by atoms with Crippen LogP contribution in [0.4, 0.5) is 0 Å². The number of nitrogens with two attached hydrogens (primary N) is 1. The van der Waals surface area contributed by atoms with Crippen molar-refractivity contribution < 1.29 is 4.74 Å². The topological polar surface area (TPSA) is 47.3 Å². The number of ether oxygens (including phenoxy) is 1. The predicted octanol–water partition coefficient (Wildman–Crippen LogP) is 3.45. The van der Waals surface area contributed by atoms with Crippen molar-refractivity contribution in [1.29, 1.82) is 0 Å². The fourth-order valence-electron chi connectivity index (χ4n) is 2.50. The monoisotopic (exact) mass is 284 g/mol. The first-order valence-electron chi connectivity index (χ1n) is 7.39. The Hall–Kier alpha value is -1.84. The van der Waals surface area contributed by atoms with E-state index >= 15 is 0 Å². The van der Waals surface area contributed by atoms with Crippen molar-refractivity contribution in [2.75, 3.05) is 6.61 Å². The highest BCUT2D eigenvalue weighted by Gasteiger charge is 2.13. The van der Waals surface area contributed by atoms with Crippen LogP contribution in [-0.2, 0) is 6.42 Å². The minimum absolute atomic E-state index is 0.0749. The van der Waals surface area contributed by atoms with Crippen LogP contribution in [0.3, 0.4) is 0 Å². The van der Waals surface area contributed by atoms with Gasteiger partial charge in [-0.25, -0.2) is 0 Å². The van der Waals surface area contributed by atoms with E-state index in [1.54, 1.807) is 0 Å². The van der Waals surface area contributed by atoms with Gasteiger partial charge in [0.05, 0.1) is 12.6 Å². The average Bonchev–Trinajstić information content (AvgIpc) is 2.49. The van der Waals surface area contributed by atoms with E-state index in [4.69, 9.17) is 10.6 Å². The van der Waals surface area contributed by atoms with Gasteiger partial charge in [0.1, 0.15) is 5.75 Å². The van der Waals surface area contributed by atoms with E-state index < -0.39 is 0 Å². The van der Waals surface area contributed by atoms with E-state index in [9.17, 15) is 0 Å². The summed E-state index contributed by atoms with van der Waals surface area (Å²) in [5.41, 5.74) is 7.96. The maximum atomic E-state index is 5.77. The van der Waals surface area contributed by atoms with Crippen LogP contribution in [-0.4, -0.2) is 6.61 Å². The Morgan fingerprint density at radius 3 is 2.67 bits per heavy atom. The van der Waals surface area contributed by atoms with Gasteiger partial charge in [-0.2, -0.15) is 0 Å². The van der Waals surface area contributed by atoms with Crippen LogP contribution in [0, 0.1) is 13.8 Å². The molecule has 3 nitrogen and oxygen atoms in total. The second-order valence-corrected chi connectivity index (χ2v) is 5.36. The van der Waals surface area contributed by atoms with Crippen molar-refractivity contribution in [2.45, 2.75) is 33.2 Å². The molecule has 0 aromatic heterocycles. The summed E-state index contributed by atoms with van der Waals surface area (Å²) in [6.07, 6.45) is 0.861. The molecule has 0 aliphatic carbocycles. The number of rotatable bonds is 6. The van der Waals surface area contributed by atoms with E-state index in [2.05, 4.69) is 49.6 Å². The van der Waals surface area contributed by atoms with Crippen molar-refractivity contribution in [2.24, 2.45) is 5.84 Å². The molecule has 0 aliphatic rings. The van der Waals surface area contributed by atoms with Gasteiger partial charge in [-0.3, -0.25) is 11.3 Å². The van der Waals surface area contributed by atoms with Gasteiger partial charge in [0.2, 0.25) is 0 Å². The summed E-state index contributed by atoms with van der Waals surface area (Å²) >= 11 is 0. The maximum Gasteiger partial charge on any atom is 0.119 e. The van der Waals surface area contributed by atoms with Gasteiger partial charge in [0.15, 0.2) is 0 Å². The number of hydrogen-bond acceptors (Lipinski definition) is 3. The van der Waals surface area contributed by atoms with Gasteiger partial charge in [-0.05, 0) is 56.0 Å². The molecule has 112 valence electrons. The molecule has 0 bridgehead atoms. The maximum absolute atomic E-state index is 5.77. The summed E-state index contributed by atoms with van der Waals surface area (Å²) in [5, 5.41) is 0. The first-order chi connectivity index (χ1) is 10.1. The second kappa shape index (κ2) is 7.25. The third-order valence-electron chi connectivity index (χ3n) is 3.70. The molecular weight excluding hydrogens is 260 g/mol. The Bertz CT molecular complexity index is 596. The number of hydrazine groups is 1. The summed E-state index contributed by atoms with van der Waals surface area (Å²) in [5.74, 6) is 6.66. The second-order valence-electron chi connectivity index (χ2n) is 5.36. The van der Waals surface area contributed by atoms with E-state index in [1.165, 1.54) is 16.7 Å². The molecule has 2 aromatic carbocycles. The summed E-state index contributed by atoms with van der Waals surface area (Å²) in [6, 6.07) is 14.7. The fraction of sp³-hybridized carbons (Fsp3) is 0.333. The highest BCUT2D eigenvalue weighted by Crippen LogP contribution is 2.24. The molecule has 0 saturated carbocycles. The molecule has 2 rings (SSSR count). The molecule has 3 N–H and O–H groups in total. The molecule has 0 radical (unpaired) electrons. The number of benzene rings is 2. The molecule has 0 heterocycles. The normalized spacial score (nSPS) is 12.2. The molecule has 0 spiro atoms. The van der Waals surface area contributed by atoms with Crippen molar-refractivity contribution in [3.8, 4) is 5.75 Å². The SMILES string of the molecule is CCOc1cccc(C(Cc2cc(C)ccc2C)NN)c1. The number of nitrogens with one attached hydrogen (secondary N) is 1. The lowest BCUT2D eigenvalue weighted by Crippen LogP contribution is -2.29. The van der Waals surface area contributed by atoms with Gasteiger partial charge in [0.25, 0.3) is 0 Å². The van der Waals surface area contributed by atoms with E-state index in [0.717, 1.165) is 17.7 Å². The van der Waals surface area contributed by atoms with Crippen molar-refractivity contribution in [3.05, 3.63) is 64.7 Å². The molecule has 0 amide bonds. The lowest BCUT2D eigenvalue weighted by Gasteiger charge is -2.19. The Labute approximate surface area is 127 Å². The largest absolute Gasteiger partial charge is 0.494 e. The Morgan fingerprint density at radius 2 is 1.95 bits per heavy atom. The Balaban J connectivity index is 2.23. The minimum atomic E-state index is 0.0749. The molecule has 3 heteroatoms. The first-order valence-corrected chi connectivity index (χ1v) is 7.39. The lowest BCUT2D eigenvalue weighted by atomic mass is 9.95. The average molecular weight is 284 g/mol. The van der Waals surface area contributed by atoms with Crippen LogP contribution in [0.5, 0.6) is 5.75 Å². The minimum Gasteiger partial charge on any atom is -0.494 e. The van der Waals surface area contributed by atoms with Gasteiger partial charge < -0.3 is 4.74 Å². The van der Waals surface area contributed by atoms with Gasteiger partial charge in [-0.1, -0.05) is 35.9 Å². The van der Waals surface area contributed by atoms with Gasteiger partial charge in [0, 0.05) is 0 Å². The third-order valence-corrected chi connectivity index (χ3v) is 3.70. The summed E-state index contributed by atoms with van der Waals surface area (Å²) in [6.45, 7) is 6.91. The molecular formula is C18H24N2O. The highest BCUT2D eigenvalue weighted by atomic mass is 16.5.